The highest BCUT2D eigenvalue weighted by molar-refractivity contribution is 5.82. The summed E-state index contributed by atoms with van der Waals surface area (Å²) >= 11 is 0. The van der Waals surface area contributed by atoms with E-state index >= 15 is 0 Å². The summed E-state index contributed by atoms with van der Waals surface area (Å²) in [6.07, 6.45) is 10.2. The van der Waals surface area contributed by atoms with Gasteiger partial charge in [0.2, 0.25) is 0 Å². The van der Waals surface area contributed by atoms with Gasteiger partial charge in [0.05, 0.1) is 0 Å². The van der Waals surface area contributed by atoms with Crippen LogP contribution in [0.15, 0.2) is 18.2 Å². The maximum absolute atomic E-state index is 12.8. The van der Waals surface area contributed by atoms with Crippen molar-refractivity contribution in [3.63, 3.8) is 0 Å². The van der Waals surface area contributed by atoms with Crippen molar-refractivity contribution >= 4 is 5.78 Å². The number of rotatable bonds is 4. The van der Waals surface area contributed by atoms with Crippen LogP contribution in [0.4, 0.5) is 0 Å². The summed E-state index contributed by atoms with van der Waals surface area (Å²) in [6, 6.07) is 6.56. The Bertz CT molecular complexity index is 740. The quantitative estimate of drug-likeness (QED) is 0.854. The third-order valence-electron chi connectivity index (χ3n) is 8.31. The molecule has 4 aliphatic rings. The van der Waals surface area contributed by atoms with Crippen LogP contribution < -0.4 is 0 Å². The van der Waals surface area contributed by atoms with Crippen LogP contribution >= 0.6 is 0 Å². The third kappa shape index (κ3) is 2.76. The number of hydrogen-bond donors (Lipinski definition) is 1. The number of carbonyl (C=O) groups excluding carboxylic acids is 1. The Labute approximate surface area is 163 Å². The number of benzene rings is 1. The van der Waals surface area contributed by atoms with Crippen LogP contribution in [-0.2, 0) is 16.6 Å². The van der Waals surface area contributed by atoms with Gasteiger partial charge in [0.15, 0.2) is 0 Å². The summed E-state index contributed by atoms with van der Waals surface area (Å²) in [6.45, 7) is 4.65. The highest BCUT2D eigenvalue weighted by Crippen LogP contribution is 2.58. The van der Waals surface area contributed by atoms with Crippen molar-refractivity contribution < 1.29 is 9.90 Å². The van der Waals surface area contributed by atoms with E-state index in [2.05, 4.69) is 17.9 Å². The average molecular weight is 368 g/mol. The fourth-order valence-electron chi connectivity index (χ4n) is 7.07. The zero-order valence-electron chi connectivity index (χ0n) is 16.6. The second-order valence-corrected chi connectivity index (χ2v) is 9.81. The molecule has 1 aromatic rings. The highest BCUT2D eigenvalue weighted by Gasteiger charge is 2.58. The van der Waals surface area contributed by atoms with Gasteiger partial charge >= 0.3 is 0 Å². The Hall–Kier alpha value is -1.35. The Kier molecular flexibility index (Phi) is 4.34. The van der Waals surface area contributed by atoms with Gasteiger partial charge in [-0.05, 0) is 79.7 Å². The summed E-state index contributed by atoms with van der Waals surface area (Å²) in [4.78, 5) is 15.6. The molecule has 1 N–H and O–H groups in total. The van der Waals surface area contributed by atoms with Crippen LogP contribution in [0.1, 0.15) is 69.4 Å². The fraction of sp³-hybridized carbons (Fsp3) is 0.708. The van der Waals surface area contributed by atoms with Gasteiger partial charge in [-0.25, -0.2) is 0 Å². The van der Waals surface area contributed by atoms with Crippen molar-refractivity contribution in [1.29, 1.82) is 0 Å². The Morgan fingerprint density at radius 3 is 2.85 bits per heavy atom. The lowest BCUT2D eigenvalue weighted by molar-refractivity contribution is -0.132. The van der Waals surface area contributed by atoms with Gasteiger partial charge in [-0.15, -0.1) is 0 Å². The second-order valence-electron chi connectivity index (χ2n) is 9.81. The molecule has 0 radical (unpaired) electrons. The number of nitrogens with zero attached hydrogens (tertiary/aromatic N) is 1. The van der Waals surface area contributed by atoms with Crippen LogP contribution in [-0.4, -0.2) is 34.9 Å². The van der Waals surface area contributed by atoms with Crippen molar-refractivity contribution in [3.05, 3.63) is 29.3 Å². The van der Waals surface area contributed by atoms with Crippen LogP contribution in [0, 0.1) is 17.8 Å². The van der Waals surface area contributed by atoms with Crippen LogP contribution in [0.3, 0.4) is 0 Å². The monoisotopic (exact) mass is 367 g/mol. The molecule has 3 aliphatic carbocycles. The predicted octanol–water partition coefficient (Wildman–Crippen LogP) is 4.46. The number of likely N-dealkylation sites (tertiary alicyclic amines) is 1. The zero-order chi connectivity index (χ0) is 18.6. The smallest absolute Gasteiger partial charge is 0.134 e. The second kappa shape index (κ2) is 6.62. The lowest BCUT2D eigenvalue weighted by Crippen LogP contribution is -2.65. The number of phenolic OH excluding ortho intramolecular Hbond substituents is 1. The molecule has 5 rings (SSSR count). The lowest BCUT2D eigenvalue weighted by atomic mass is 9.48. The number of carbonyl (C=O) groups is 1. The van der Waals surface area contributed by atoms with Gasteiger partial charge in [0.25, 0.3) is 0 Å². The first-order valence-corrected chi connectivity index (χ1v) is 11.2. The molecule has 1 aromatic carbocycles. The number of hydrogen-bond acceptors (Lipinski definition) is 3. The molecule has 1 heterocycles. The molecule has 3 nitrogen and oxygen atoms in total. The maximum atomic E-state index is 12.8. The fourth-order valence-corrected chi connectivity index (χ4v) is 7.07. The van der Waals surface area contributed by atoms with E-state index in [-0.39, 0.29) is 5.41 Å². The molecular formula is C24H33NO2. The predicted molar refractivity (Wildman–Crippen MR) is 107 cm³/mol. The topological polar surface area (TPSA) is 40.5 Å². The number of fused-ring (bicyclic) bond motifs is 1. The first kappa shape index (κ1) is 17.7. The molecule has 2 saturated carbocycles. The molecule has 1 saturated heterocycles. The molecular weight excluding hydrogens is 334 g/mol. The standard InChI is InChI=1S/C24H33NO2/c1-2-4-18-11-20(27)14-24-9-10-25(15-16-5-3-6-16)22(23(18)24)12-17-7-8-19(26)13-21(17)24/h7-8,13,16,18,22-23,26H,2-6,9-12,14-15H2,1H3/t18?,22-,23+,24-/m1/s1. The van der Waals surface area contributed by atoms with Gasteiger partial charge in [-0.3, -0.25) is 9.69 Å². The zero-order valence-corrected chi connectivity index (χ0v) is 16.6. The molecule has 3 fully saturated rings. The van der Waals surface area contributed by atoms with Gasteiger partial charge < -0.3 is 5.11 Å². The molecule has 0 amide bonds. The van der Waals surface area contributed by atoms with E-state index in [1.54, 1.807) is 0 Å². The maximum Gasteiger partial charge on any atom is 0.134 e. The molecule has 1 aliphatic heterocycles. The first-order chi connectivity index (χ1) is 13.1. The van der Waals surface area contributed by atoms with Gasteiger partial charge in [-0.1, -0.05) is 25.8 Å². The number of aromatic hydroxyl groups is 1. The van der Waals surface area contributed by atoms with Crippen molar-refractivity contribution in [2.45, 2.75) is 76.2 Å². The van der Waals surface area contributed by atoms with Gasteiger partial charge in [0.1, 0.15) is 11.5 Å². The van der Waals surface area contributed by atoms with E-state index in [1.807, 2.05) is 12.1 Å². The Balaban J connectivity index is 1.59. The molecule has 27 heavy (non-hydrogen) atoms. The van der Waals surface area contributed by atoms with Crippen molar-refractivity contribution in [1.82, 2.24) is 4.90 Å². The summed E-state index contributed by atoms with van der Waals surface area (Å²) < 4.78 is 0. The van der Waals surface area contributed by atoms with E-state index in [0.29, 0.717) is 35.8 Å². The summed E-state index contributed by atoms with van der Waals surface area (Å²) in [5, 5.41) is 10.2. The van der Waals surface area contributed by atoms with Crippen LogP contribution in [0.2, 0.25) is 0 Å². The van der Waals surface area contributed by atoms with E-state index in [0.717, 1.165) is 38.1 Å². The van der Waals surface area contributed by atoms with E-state index in [9.17, 15) is 9.90 Å². The summed E-state index contributed by atoms with van der Waals surface area (Å²) in [7, 11) is 0. The number of Topliss-reactive ketones (excluding diaryl/α,β-unsaturated/α-hetero) is 1. The largest absolute Gasteiger partial charge is 0.508 e. The SMILES string of the molecule is CCCC1CC(=O)C[C@]23CCN(CC4CCC4)[C@H](Cc4ccc(O)cc42)[C@H]13. The average Bonchev–Trinajstić information content (AvgIpc) is 2.60. The minimum atomic E-state index is -0.0255. The molecule has 1 unspecified atom stereocenters. The minimum Gasteiger partial charge on any atom is -0.508 e. The summed E-state index contributed by atoms with van der Waals surface area (Å²) in [5.41, 5.74) is 2.67. The van der Waals surface area contributed by atoms with Crippen LogP contribution in [0.5, 0.6) is 5.75 Å². The Morgan fingerprint density at radius 2 is 2.11 bits per heavy atom. The van der Waals surface area contributed by atoms with E-state index in [1.165, 1.54) is 43.4 Å². The third-order valence-corrected chi connectivity index (χ3v) is 8.31. The summed E-state index contributed by atoms with van der Waals surface area (Å²) in [5.74, 6) is 2.81. The van der Waals surface area contributed by atoms with Crippen molar-refractivity contribution in [3.8, 4) is 5.75 Å². The van der Waals surface area contributed by atoms with Crippen molar-refractivity contribution in [2.24, 2.45) is 17.8 Å². The Morgan fingerprint density at radius 1 is 1.26 bits per heavy atom. The molecule has 0 aromatic heterocycles. The minimum absolute atomic E-state index is 0.0255. The number of piperidine rings is 1. The van der Waals surface area contributed by atoms with Gasteiger partial charge in [0, 0.05) is 30.8 Å². The molecule has 4 atom stereocenters. The number of phenols is 1. The first-order valence-electron chi connectivity index (χ1n) is 11.2. The van der Waals surface area contributed by atoms with E-state index < -0.39 is 0 Å². The van der Waals surface area contributed by atoms with Crippen molar-refractivity contribution in [2.75, 3.05) is 13.1 Å². The normalized spacial score (nSPS) is 36.0. The van der Waals surface area contributed by atoms with Crippen LogP contribution in [0.25, 0.3) is 0 Å². The number of ketones is 1. The molecule has 146 valence electrons. The molecule has 3 heteroatoms. The molecule has 0 spiro atoms. The van der Waals surface area contributed by atoms with Gasteiger partial charge in [-0.2, -0.15) is 0 Å². The van der Waals surface area contributed by atoms with E-state index in [4.69, 9.17) is 0 Å². The highest BCUT2D eigenvalue weighted by atomic mass is 16.3. The molecule has 2 bridgehead atoms. The lowest BCUT2D eigenvalue weighted by Gasteiger charge is -2.61.